The minimum Gasteiger partial charge on any atom is -0.395 e. The molecule has 4 nitrogen and oxygen atoms in total. The summed E-state index contributed by atoms with van der Waals surface area (Å²) in [4.78, 5) is 0. The van der Waals surface area contributed by atoms with Crippen LogP contribution in [-0.4, -0.2) is 46.7 Å². The van der Waals surface area contributed by atoms with Gasteiger partial charge in [0.15, 0.2) is 0 Å². The highest BCUT2D eigenvalue weighted by Crippen LogP contribution is 2.07. The van der Waals surface area contributed by atoms with Gasteiger partial charge in [-0.25, -0.2) is 0 Å². The molecule has 60 valence electrons. The number of rotatable bonds is 1. The molecule has 1 aliphatic rings. The molecule has 0 aromatic heterocycles. The van der Waals surface area contributed by atoms with Gasteiger partial charge in [-0.15, -0.1) is 0 Å². The lowest BCUT2D eigenvalue weighted by atomic mass is 10.0. The molecule has 0 aliphatic carbocycles. The van der Waals surface area contributed by atoms with E-state index in [-0.39, 0.29) is 12.6 Å². The molecule has 0 spiro atoms. The predicted octanol–water partition coefficient (Wildman–Crippen LogP) is -1.94. The van der Waals surface area contributed by atoms with Crippen molar-refractivity contribution in [3.8, 4) is 0 Å². The monoisotopic (exact) mass is 147 g/mol. The fourth-order valence-corrected chi connectivity index (χ4v) is 1.09. The molecular weight excluding hydrogens is 134 g/mol. The normalized spacial score (nSPS) is 41.7. The van der Waals surface area contributed by atoms with Crippen molar-refractivity contribution in [2.45, 2.75) is 24.7 Å². The lowest BCUT2D eigenvalue weighted by Crippen LogP contribution is -2.50. The molecule has 4 N–H and O–H groups in total. The Morgan fingerprint density at radius 3 is 2.50 bits per heavy atom. The van der Waals surface area contributed by atoms with Crippen molar-refractivity contribution in [3.63, 3.8) is 0 Å². The average molecular weight is 147 g/mol. The zero-order chi connectivity index (χ0) is 7.56. The molecule has 0 aromatic rings. The van der Waals surface area contributed by atoms with Crippen LogP contribution in [0.5, 0.6) is 0 Å². The molecule has 1 rings (SSSR count). The maximum absolute atomic E-state index is 9.08. The minimum absolute atomic E-state index is 0.0176. The highest BCUT2D eigenvalue weighted by atomic mass is 16.3. The first-order chi connectivity index (χ1) is 4.74. The quantitative estimate of drug-likeness (QED) is 0.348. The lowest BCUT2D eigenvalue weighted by molar-refractivity contribution is -0.0185. The van der Waals surface area contributed by atoms with E-state index in [1.54, 1.807) is 0 Å². The van der Waals surface area contributed by atoms with Crippen LogP contribution in [0.25, 0.3) is 0 Å². The van der Waals surface area contributed by atoms with E-state index in [0.29, 0.717) is 13.0 Å². The maximum atomic E-state index is 9.08. The van der Waals surface area contributed by atoms with Crippen molar-refractivity contribution in [3.05, 3.63) is 0 Å². The van der Waals surface area contributed by atoms with Crippen LogP contribution in [0, 0.1) is 0 Å². The van der Waals surface area contributed by atoms with Gasteiger partial charge in [0.05, 0.1) is 18.8 Å². The second-order valence-corrected chi connectivity index (χ2v) is 2.66. The summed E-state index contributed by atoms with van der Waals surface area (Å²) in [6.45, 7) is 0.385. The van der Waals surface area contributed by atoms with E-state index in [4.69, 9.17) is 15.3 Å². The standard InChI is InChI=1S/C6H13NO3/c8-3-4-1-5(9)6(10)2-7-4/h4-10H,1-3H2/t4-,5+,6-/m0/s1. The zero-order valence-corrected chi connectivity index (χ0v) is 5.70. The van der Waals surface area contributed by atoms with Gasteiger partial charge in [-0.05, 0) is 6.42 Å². The van der Waals surface area contributed by atoms with Crippen LogP contribution in [0.1, 0.15) is 6.42 Å². The van der Waals surface area contributed by atoms with Crippen LogP contribution in [0.4, 0.5) is 0 Å². The Morgan fingerprint density at radius 1 is 1.30 bits per heavy atom. The first-order valence-electron chi connectivity index (χ1n) is 3.44. The third-order valence-electron chi connectivity index (χ3n) is 1.81. The van der Waals surface area contributed by atoms with Crippen LogP contribution < -0.4 is 5.32 Å². The van der Waals surface area contributed by atoms with E-state index in [2.05, 4.69) is 5.32 Å². The summed E-state index contributed by atoms with van der Waals surface area (Å²) in [5, 5.41) is 29.6. The van der Waals surface area contributed by atoms with Gasteiger partial charge in [0.1, 0.15) is 0 Å². The summed E-state index contributed by atoms with van der Waals surface area (Å²) in [6.07, 6.45) is -0.932. The Hall–Kier alpha value is -0.160. The van der Waals surface area contributed by atoms with E-state index in [0.717, 1.165) is 0 Å². The number of β-amino-alcohol motifs (C(OH)–C–C–N with tert-alkyl or cyclic N) is 1. The van der Waals surface area contributed by atoms with Crippen molar-refractivity contribution in [2.24, 2.45) is 0 Å². The number of hydrogen-bond donors (Lipinski definition) is 4. The second kappa shape index (κ2) is 3.30. The summed E-state index contributed by atoms with van der Waals surface area (Å²) in [6, 6.07) is -0.0570. The number of hydrogen-bond acceptors (Lipinski definition) is 4. The van der Waals surface area contributed by atoms with Crippen LogP contribution in [0.3, 0.4) is 0 Å². The Labute approximate surface area is 59.5 Å². The summed E-state index contributed by atoms with van der Waals surface area (Å²) in [7, 11) is 0. The van der Waals surface area contributed by atoms with Crippen LogP contribution in [0.15, 0.2) is 0 Å². The number of aliphatic hydroxyl groups is 3. The average Bonchev–Trinajstić information content (AvgIpc) is 1.95. The highest BCUT2D eigenvalue weighted by molar-refractivity contribution is 4.83. The Balaban J connectivity index is 2.33. The molecule has 1 heterocycles. The van der Waals surface area contributed by atoms with Gasteiger partial charge in [0.2, 0.25) is 0 Å². The summed E-state index contributed by atoms with van der Waals surface area (Å²) >= 11 is 0. The van der Waals surface area contributed by atoms with Crippen molar-refractivity contribution in [1.82, 2.24) is 5.32 Å². The molecule has 3 atom stereocenters. The number of nitrogens with one attached hydrogen (secondary N) is 1. The van der Waals surface area contributed by atoms with Crippen molar-refractivity contribution >= 4 is 0 Å². The molecule has 0 unspecified atom stereocenters. The van der Waals surface area contributed by atoms with Crippen molar-refractivity contribution in [1.29, 1.82) is 0 Å². The summed E-state index contributed by atoms with van der Waals surface area (Å²) < 4.78 is 0. The molecule has 4 heteroatoms. The fourth-order valence-electron chi connectivity index (χ4n) is 1.09. The molecule has 0 amide bonds. The topological polar surface area (TPSA) is 72.7 Å². The number of piperidine rings is 1. The lowest BCUT2D eigenvalue weighted by Gasteiger charge is -2.29. The van der Waals surface area contributed by atoms with Gasteiger partial charge in [-0.1, -0.05) is 0 Å². The van der Waals surface area contributed by atoms with Crippen LogP contribution in [0.2, 0.25) is 0 Å². The highest BCUT2D eigenvalue weighted by Gasteiger charge is 2.25. The first-order valence-corrected chi connectivity index (χ1v) is 3.44. The minimum atomic E-state index is -0.682. The SMILES string of the molecule is OC[C@@H]1C[C@@H](O)[C@@H](O)CN1. The van der Waals surface area contributed by atoms with E-state index in [1.807, 2.05) is 0 Å². The Bertz CT molecular complexity index is 109. The third-order valence-corrected chi connectivity index (χ3v) is 1.81. The van der Waals surface area contributed by atoms with Gasteiger partial charge in [0.25, 0.3) is 0 Å². The van der Waals surface area contributed by atoms with Crippen LogP contribution >= 0.6 is 0 Å². The van der Waals surface area contributed by atoms with Gasteiger partial charge < -0.3 is 20.6 Å². The summed E-state index contributed by atoms with van der Waals surface area (Å²) in [5.74, 6) is 0. The second-order valence-electron chi connectivity index (χ2n) is 2.66. The van der Waals surface area contributed by atoms with E-state index in [1.165, 1.54) is 0 Å². The molecule has 1 saturated heterocycles. The summed E-state index contributed by atoms with van der Waals surface area (Å²) in [5.41, 5.74) is 0. The zero-order valence-electron chi connectivity index (χ0n) is 5.70. The van der Waals surface area contributed by atoms with Gasteiger partial charge in [-0.3, -0.25) is 0 Å². The van der Waals surface area contributed by atoms with Gasteiger partial charge >= 0.3 is 0 Å². The predicted molar refractivity (Wildman–Crippen MR) is 35.5 cm³/mol. The molecule has 0 bridgehead atoms. The van der Waals surface area contributed by atoms with E-state index < -0.39 is 12.2 Å². The van der Waals surface area contributed by atoms with Gasteiger partial charge in [0, 0.05) is 12.6 Å². The van der Waals surface area contributed by atoms with E-state index in [9.17, 15) is 0 Å². The van der Waals surface area contributed by atoms with Crippen molar-refractivity contribution < 1.29 is 15.3 Å². The Kier molecular flexibility index (Phi) is 2.62. The fraction of sp³-hybridized carbons (Fsp3) is 1.00. The number of aliphatic hydroxyl groups excluding tert-OH is 3. The van der Waals surface area contributed by atoms with Gasteiger partial charge in [-0.2, -0.15) is 0 Å². The smallest absolute Gasteiger partial charge is 0.0923 e. The van der Waals surface area contributed by atoms with Crippen LogP contribution in [-0.2, 0) is 0 Å². The Morgan fingerprint density at radius 2 is 2.00 bits per heavy atom. The molecule has 0 aromatic carbocycles. The molecule has 1 aliphatic heterocycles. The molecule has 10 heavy (non-hydrogen) atoms. The van der Waals surface area contributed by atoms with E-state index >= 15 is 0 Å². The molecule has 0 saturated carbocycles. The molecule has 0 radical (unpaired) electrons. The van der Waals surface area contributed by atoms with Crippen molar-refractivity contribution in [2.75, 3.05) is 13.2 Å². The molecular formula is C6H13NO3. The first kappa shape index (κ1) is 7.94. The molecule has 1 fully saturated rings. The largest absolute Gasteiger partial charge is 0.395 e. The maximum Gasteiger partial charge on any atom is 0.0923 e. The third kappa shape index (κ3) is 1.67.